The molecule has 1 heterocycles. The monoisotopic (exact) mass is 477 g/mol. The molecule has 2 aromatic rings. The zero-order valence-corrected chi connectivity index (χ0v) is 20.5. The van der Waals surface area contributed by atoms with Crippen molar-refractivity contribution in [3.05, 3.63) is 48.3 Å². The van der Waals surface area contributed by atoms with Crippen molar-refractivity contribution in [2.75, 3.05) is 13.2 Å². The highest BCUT2D eigenvalue weighted by Crippen LogP contribution is 2.58. The summed E-state index contributed by atoms with van der Waals surface area (Å²) >= 11 is 0. The molecule has 8 nitrogen and oxygen atoms in total. The van der Waals surface area contributed by atoms with Crippen LogP contribution < -0.4 is 10.5 Å². The summed E-state index contributed by atoms with van der Waals surface area (Å²) in [5, 5.41) is 7.88. The molecule has 35 heavy (non-hydrogen) atoms. The van der Waals surface area contributed by atoms with E-state index in [2.05, 4.69) is 28.7 Å². The fourth-order valence-electron chi connectivity index (χ4n) is 7.10. The van der Waals surface area contributed by atoms with Gasteiger partial charge in [0.2, 0.25) is 0 Å². The first-order chi connectivity index (χ1) is 16.9. The van der Waals surface area contributed by atoms with Crippen LogP contribution in [0.1, 0.15) is 79.1 Å². The number of unbranched alkanes of at least 4 members (excludes halogenated alkanes) is 1. The molecule has 4 aliphatic rings. The second-order valence-corrected chi connectivity index (χ2v) is 10.6. The lowest BCUT2D eigenvalue weighted by Gasteiger charge is -2.60. The zero-order valence-electron chi connectivity index (χ0n) is 20.5. The van der Waals surface area contributed by atoms with Gasteiger partial charge in [-0.15, -0.1) is 11.7 Å². The minimum absolute atomic E-state index is 0.00741. The number of carbonyl (C=O) groups excluding carboxylic acids is 2. The fourth-order valence-corrected chi connectivity index (χ4v) is 7.10. The minimum atomic E-state index is -0.648. The van der Waals surface area contributed by atoms with Crippen LogP contribution in [0.25, 0.3) is 5.69 Å². The van der Waals surface area contributed by atoms with Gasteiger partial charge in [-0.25, -0.2) is 4.68 Å². The standard InChI is InChI=1S/C27H35N5O3/c1-3-5-6-9-35-24-13-21(7-8-23(24)32-17-22(25(28)33)29-30-32)26(34)31(4-2)27-14-18-10-19(15-27)12-20(11-18)16-27/h3,7-8,13,17-20H,1,4-6,9-12,14-16H2,2H3,(H2,28,33). The Kier molecular flexibility index (Phi) is 6.38. The molecule has 1 aromatic carbocycles. The Morgan fingerprint density at radius 1 is 1.23 bits per heavy atom. The highest BCUT2D eigenvalue weighted by Gasteiger charge is 2.54. The van der Waals surface area contributed by atoms with Crippen LogP contribution in [-0.2, 0) is 0 Å². The van der Waals surface area contributed by atoms with Crippen LogP contribution in [0.5, 0.6) is 5.75 Å². The Hall–Kier alpha value is -3.16. The average Bonchev–Trinajstić information content (AvgIpc) is 3.32. The molecule has 0 aliphatic heterocycles. The molecule has 186 valence electrons. The predicted molar refractivity (Wildman–Crippen MR) is 132 cm³/mol. The van der Waals surface area contributed by atoms with Crippen molar-refractivity contribution in [2.24, 2.45) is 23.5 Å². The largest absolute Gasteiger partial charge is 0.491 e. The molecule has 0 saturated heterocycles. The van der Waals surface area contributed by atoms with Crippen molar-refractivity contribution in [1.29, 1.82) is 0 Å². The first-order valence-electron chi connectivity index (χ1n) is 12.8. The van der Waals surface area contributed by atoms with Gasteiger partial charge < -0.3 is 15.4 Å². The van der Waals surface area contributed by atoms with Crippen molar-refractivity contribution < 1.29 is 14.3 Å². The van der Waals surface area contributed by atoms with E-state index in [-0.39, 0.29) is 17.1 Å². The molecular weight excluding hydrogens is 442 g/mol. The van der Waals surface area contributed by atoms with E-state index < -0.39 is 5.91 Å². The van der Waals surface area contributed by atoms with E-state index in [1.54, 1.807) is 6.07 Å². The molecule has 0 spiro atoms. The molecule has 1 aromatic heterocycles. The zero-order chi connectivity index (χ0) is 24.6. The molecule has 4 aliphatic carbocycles. The van der Waals surface area contributed by atoms with Crippen molar-refractivity contribution in [2.45, 2.75) is 63.8 Å². The average molecular weight is 478 g/mol. The van der Waals surface area contributed by atoms with Crippen LogP contribution in [0.2, 0.25) is 0 Å². The number of nitrogens with zero attached hydrogens (tertiary/aromatic N) is 4. The van der Waals surface area contributed by atoms with Gasteiger partial charge >= 0.3 is 0 Å². The molecular formula is C27H35N5O3. The number of aromatic nitrogens is 3. The van der Waals surface area contributed by atoms with Gasteiger partial charge in [-0.3, -0.25) is 9.59 Å². The van der Waals surface area contributed by atoms with Gasteiger partial charge in [0.15, 0.2) is 5.69 Å². The third-order valence-corrected chi connectivity index (χ3v) is 8.15. The summed E-state index contributed by atoms with van der Waals surface area (Å²) in [5.74, 6) is 2.24. The Balaban J connectivity index is 1.44. The van der Waals surface area contributed by atoms with Gasteiger partial charge in [0, 0.05) is 17.6 Å². The minimum Gasteiger partial charge on any atom is -0.491 e. The number of carbonyl (C=O) groups is 2. The van der Waals surface area contributed by atoms with E-state index in [4.69, 9.17) is 10.5 Å². The molecule has 0 radical (unpaired) electrons. The van der Waals surface area contributed by atoms with Crippen LogP contribution in [0.4, 0.5) is 0 Å². The Morgan fingerprint density at radius 2 is 1.91 bits per heavy atom. The lowest BCUT2D eigenvalue weighted by Crippen LogP contribution is -2.61. The number of ether oxygens (including phenoxy) is 1. The maximum atomic E-state index is 13.9. The SMILES string of the molecule is C=CCCCOc1cc(C(=O)N(CC)C23CC4CC(CC(C4)C2)C3)ccc1-n1cc(C(N)=O)nn1. The molecule has 2 amide bonds. The summed E-state index contributed by atoms with van der Waals surface area (Å²) in [7, 11) is 0. The number of benzene rings is 1. The molecule has 0 unspecified atom stereocenters. The van der Waals surface area contributed by atoms with Crippen molar-refractivity contribution in [3.8, 4) is 11.4 Å². The smallest absolute Gasteiger partial charge is 0.270 e. The lowest BCUT2D eigenvalue weighted by atomic mass is 9.52. The summed E-state index contributed by atoms with van der Waals surface area (Å²) < 4.78 is 7.56. The first kappa shape index (κ1) is 23.6. The van der Waals surface area contributed by atoms with Crippen LogP contribution in [0.15, 0.2) is 37.1 Å². The summed E-state index contributed by atoms with van der Waals surface area (Å²) in [6.07, 6.45) is 12.4. The Bertz CT molecular complexity index is 1090. The highest BCUT2D eigenvalue weighted by molar-refractivity contribution is 5.95. The van der Waals surface area contributed by atoms with Gasteiger partial charge in [-0.05, 0) is 94.2 Å². The topological polar surface area (TPSA) is 103 Å². The number of nitrogens with two attached hydrogens (primary N) is 1. The molecule has 8 heteroatoms. The number of amides is 2. The number of hydrogen-bond acceptors (Lipinski definition) is 5. The number of primary amides is 1. The lowest BCUT2D eigenvalue weighted by molar-refractivity contribution is -0.0731. The third-order valence-electron chi connectivity index (χ3n) is 8.15. The van der Waals surface area contributed by atoms with E-state index in [0.29, 0.717) is 30.2 Å². The van der Waals surface area contributed by atoms with E-state index >= 15 is 0 Å². The number of hydrogen-bond donors (Lipinski definition) is 1. The van der Waals surface area contributed by atoms with Gasteiger partial charge in [-0.1, -0.05) is 11.3 Å². The van der Waals surface area contributed by atoms with Gasteiger partial charge in [-0.2, -0.15) is 0 Å². The second kappa shape index (κ2) is 9.47. The van der Waals surface area contributed by atoms with Gasteiger partial charge in [0.1, 0.15) is 11.4 Å². The van der Waals surface area contributed by atoms with Crippen molar-refractivity contribution >= 4 is 11.8 Å². The summed E-state index contributed by atoms with van der Waals surface area (Å²) in [4.78, 5) is 27.6. The highest BCUT2D eigenvalue weighted by atomic mass is 16.5. The number of rotatable bonds is 10. The van der Waals surface area contributed by atoms with Crippen LogP contribution >= 0.6 is 0 Å². The second-order valence-electron chi connectivity index (χ2n) is 10.6. The van der Waals surface area contributed by atoms with Crippen LogP contribution in [0, 0.1) is 17.8 Å². The molecule has 6 rings (SSSR count). The first-order valence-corrected chi connectivity index (χ1v) is 12.8. The molecule has 2 N–H and O–H groups in total. The molecule has 4 bridgehead atoms. The summed E-state index contributed by atoms with van der Waals surface area (Å²) in [5.41, 5.74) is 6.63. The van der Waals surface area contributed by atoms with E-state index in [1.165, 1.54) is 30.1 Å². The van der Waals surface area contributed by atoms with E-state index in [9.17, 15) is 9.59 Å². The van der Waals surface area contributed by atoms with Crippen molar-refractivity contribution in [3.63, 3.8) is 0 Å². The Labute approximate surface area is 206 Å². The van der Waals surface area contributed by atoms with E-state index in [1.807, 2.05) is 18.2 Å². The normalized spacial score (nSPS) is 26.5. The van der Waals surface area contributed by atoms with Gasteiger partial charge in [0.05, 0.1) is 12.8 Å². The fraction of sp³-hybridized carbons (Fsp3) is 0.556. The molecule has 4 fully saturated rings. The maximum absolute atomic E-state index is 13.9. The molecule has 4 saturated carbocycles. The maximum Gasteiger partial charge on any atom is 0.270 e. The van der Waals surface area contributed by atoms with Gasteiger partial charge in [0.25, 0.3) is 11.8 Å². The van der Waals surface area contributed by atoms with Crippen LogP contribution in [-0.4, -0.2) is 50.4 Å². The predicted octanol–water partition coefficient (Wildman–Crippen LogP) is 4.14. The van der Waals surface area contributed by atoms with Crippen molar-refractivity contribution in [1.82, 2.24) is 19.9 Å². The van der Waals surface area contributed by atoms with E-state index in [0.717, 1.165) is 49.9 Å². The van der Waals surface area contributed by atoms with Crippen LogP contribution in [0.3, 0.4) is 0 Å². The number of allylic oxidation sites excluding steroid dienone is 1. The quantitative estimate of drug-likeness (QED) is 0.409. The molecule has 0 atom stereocenters. The summed E-state index contributed by atoms with van der Waals surface area (Å²) in [6, 6.07) is 5.44. The third kappa shape index (κ3) is 4.46. The summed E-state index contributed by atoms with van der Waals surface area (Å²) in [6.45, 7) is 7.03. The Morgan fingerprint density at radius 3 is 2.49 bits per heavy atom.